The van der Waals surface area contributed by atoms with Gasteiger partial charge in [0, 0.05) is 5.56 Å². The lowest BCUT2D eigenvalue weighted by molar-refractivity contribution is 0.0999. The van der Waals surface area contributed by atoms with E-state index in [2.05, 4.69) is 6.58 Å². The first-order valence-electron chi connectivity index (χ1n) is 5.82. The maximum absolute atomic E-state index is 11.5. The molecule has 2 N–H and O–H groups in total. The first-order valence-corrected chi connectivity index (χ1v) is 5.82. The van der Waals surface area contributed by atoms with Crippen LogP contribution in [0.25, 0.3) is 11.1 Å². The van der Waals surface area contributed by atoms with Crippen LogP contribution in [-0.4, -0.2) is 5.91 Å². The number of carbonyl (C=O) groups is 1. The highest BCUT2D eigenvalue weighted by Gasteiger charge is 2.12. The van der Waals surface area contributed by atoms with Crippen LogP contribution in [0.1, 0.15) is 15.9 Å². The number of carbonyl (C=O) groups excluding carboxylic acids is 1. The highest BCUT2D eigenvalue weighted by Crippen LogP contribution is 2.26. The van der Waals surface area contributed by atoms with E-state index in [0.717, 1.165) is 16.7 Å². The predicted molar refractivity (Wildman–Crippen MR) is 74.3 cm³/mol. The Kier molecular flexibility index (Phi) is 3.58. The predicted octanol–water partition coefficient (Wildman–Crippen LogP) is 3.18. The van der Waals surface area contributed by atoms with Crippen molar-refractivity contribution in [2.24, 2.45) is 5.73 Å². The van der Waals surface area contributed by atoms with Crippen molar-refractivity contribution in [2.45, 2.75) is 6.42 Å². The molecule has 0 bridgehead atoms. The quantitative estimate of drug-likeness (QED) is 0.815. The van der Waals surface area contributed by atoms with Gasteiger partial charge in [-0.25, -0.2) is 0 Å². The molecule has 2 aromatic carbocycles. The van der Waals surface area contributed by atoms with Gasteiger partial charge in [0.1, 0.15) is 0 Å². The number of benzene rings is 2. The van der Waals surface area contributed by atoms with Crippen molar-refractivity contribution >= 4 is 5.91 Å². The fraction of sp³-hybridized carbons (Fsp3) is 0.0625. The Labute approximate surface area is 107 Å². The Morgan fingerprint density at radius 2 is 1.83 bits per heavy atom. The number of primary amides is 1. The molecule has 0 atom stereocenters. The monoisotopic (exact) mass is 237 g/mol. The van der Waals surface area contributed by atoms with Crippen LogP contribution in [0.4, 0.5) is 0 Å². The molecule has 0 spiro atoms. The second-order valence-corrected chi connectivity index (χ2v) is 4.05. The molecule has 0 aromatic heterocycles. The summed E-state index contributed by atoms with van der Waals surface area (Å²) in [4.78, 5) is 11.5. The largest absolute Gasteiger partial charge is 0.366 e. The first kappa shape index (κ1) is 12.1. The zero-order chi connectivity index (χ0) is 13.0. The Bertz CT molecular complexity index is 573. The summed E-state index contributed by atoms with van der Waals surface area (Å²) < 4.78 is 0. The van der Waals surface area contributed by atoms with Crippen LogP contribution >= 0.6 is 0 Å². The molecule has 0 saturated heterocycles. The molecule has 0 aliphatic heterocycles. The number of nitrogens with two attached hydrogens (primary N) is 1. The fourth-order valence-corrected chi connectivity index (χ4v) is 2.07. The standard InChI is InChI=1S/C16H15NO/c1-2-7-14-13(12-8-4-3-5-9-12)10-6-11-15(14)16(17)18/h2-6,8-11H,1,7H2,(H2,17,18). The summed E-state index contributed by atoms with van der Waals surface area (Å²) >= 11 is 0. The normalized spacial score (nSPS) is 10.0. The summed E-state index contributed by atoms with van der Waals surface area (Å²) in [5, 5.41) is 0. The van der Waals surface area contributed by atoms with Crippen molar-refractivity contribution in [2.75, 3.05) is 0 Å². The van der Waals surface area contributed by atoms with Gasteiger partial charge in [0.15, 0.2) is 0 Å². The van der Waals surface area contributed by atoms with Gasteiger partial charge in [-0.05, 0) is 29.2 Å². The minimum atomic E-state index is -0.398. The summed E-state index contributed by atoms with van der Waals surface area (Å²) in [5.74, 6) is -0.398. The molecule has 2 heteroatoms. The summed E-state index contributed by atoms with van der Waals surface area (Å²) in [7, 11) is 0. The summed E-state index contributed by atoms with van der Waals surface area (Å²) in [5.41, 5.74) is 9.04. The zero-order valence-electron chi connectivity index (χ0n) is 10.1. The van der Waals surface area contributed by atoms with Crippen LogP contribution < -0.4 is 5.73 Å². The molecule has 1 amide bonds. The number of hydrogen-bond donors (Lipinski definition) is 1. The molecular formula is C16H15NO. The molecule has 2 aromatic rings. The van der Waals surface area contributed by atoms with Gasteiger partial charge in [0.2, 0.25) is 5.91 Å². The van der Waals surface area contributed by atoms with Gasteiger partial charge in [-0.1, -0.05) is 48.5 Å². The van der Waals surface area contributed by atoms with Crippen LogP contribution in [0.5, 0.6) is 0 Å². The van der Waals surface area contributed by atoms with Gasteiger partial charge in [-0.3, -0.25) is 4.79 Å². The second-order valence-electron chi connectivity index (χ2n) is 4.05. The average molecular weight is 237 g/mol. The molecule has 0 fully saturated rings. The third-order valence-corrected chi connectivity index (χ3v) is 2.87. The number of hydrogen-bond acceptors (Lipinski definition) is 1. The summed E-state index contributed by atoms with van der Waals surface area (Å²) in [6.07, 6.45) is 2.41. The van der Waals surface area contributed by atoms with Crippen molar-refractivity contribution in [3.63, 3.8) is 0 Å². The van der Waals surface area contributed by atoms with E-state index in [1.165, 1.54) is 0 Å². The van der Waals surface area contributed by atoms with Crippen LogP contribution in [0.3, 0.4) is 0 Å². The molecule has 0 aliphatic rings. The van der Waals surface area contributed by atoms with Crippen LogP contribution in [-0.2, 0) is 6.42 Å². The molecule has 0 unspecified atom stereocenters. The molecule has 2 nitrogen and oxygen atoms in total. The van der Waals surface area contributed by atoms with E-state index >= 15 is 0 Å². The van der Waals surface area contributed by atoms with Gasteiger partial charge < -0.3 is 5.73 Å². The molecule has 0 heterocycles. The minimum Gasteiger partial charge on any atom is -0.366 e. The zero-order valence-corrected chi connectivity index (χ0v) is 10.1. The second kappa shape index (κ2) is 5.32. The maximum Gasteiger partial charge on any atom is 0.249 e. The lowest BCUT2D eigenvalue weighted by atomic mass is 9.93. The summed E-state index contributed by atoms with van der Waals surface area (Å²) in [6.45, 7) is 3.74. The van der Waals surface area contributed by atoms with Crippen LogP contribution in [0, 0.1) is 0 Å². The topological polar surface area (TPSA) is 43.1 Å². The molecule has 90 valence electrons. The van der Waals surface area contributed by atoms with Crippen LogP contribution in [0.15, 0.2) is 61.2 Å². The molecular weight excluding hydrogens is 222 g/mol. The van der Waals surface area contributed by atoms with E-state index in [-0.39, 0.29) is 0 Å². The SMILES string of the molecule is C=CCc1c(C(N)=O)cccc1-c1ccccc1. The van der Waals surface area contributed by atoms with Crippen molar-refractivity contribution in [1.29, 1.82) is 0 Å². The van der Waals surface area contributed by atoms with E-state index in [1.54, 1.807) is 12.1 Å². The van der Waals surface area contributed by atoms with E-state index in [9.17, 15) is 4.79 Å². The number of amides is 1. The van der Waals surface area contributed by atoms with Crippen LogP contribution in [0.2, 0.25) is 0 Å². The van der Waals surface area contributed by atoms with Crippen molar-refractivity contribution in [3.05, 3.63) is 72.3 Å². The average Bonchev–Trinajstić information content (AvgIpc) is 2.40. The van der Waals surface area contributed by atoms with E-state index in [4.69, 9.17) is 5.73 Å². The van der Waals surface area contributed by atoms with Gasteiger partial charge in [0.25, 0.3) is 0 Å². The Balaban J connectivity index is 2.63. The smallest absolute Gasteiger partial charge is 0.249 e. The van der Waals surface area contributed by atoms with E-state index < -0.39 is 5.91 Å². The fourth-order valence-electron chi connectivity index (χ4n) is 2.07. The van der Waals surface area contributed by atoms with Crippen molar-refractivity contribution in [1.82, 2.24) is 0 Å². The molecule has 0 aliphatic carbocycles. The molecule has 2 rings (SSSR count). The highest BCUT2D eigenvalue weighted by molar-refractivity contribution is 5.96. The minimum absolute atomic E-state index is 0.398. The summed E-state index contributed by atoms with van der Waals surface area (Å²) in [6, 6.07) is 15.6. The van der Waals surface area contributed by atoms with Crippen molar-refractivity contribution in [3.8, 4) is 11.1 Å². The highest BCUT2D eigenvalue weighted by atomic mass is 16.1. The third kappa shape index (κ3) is 2.33. The van der Waals surface area contributed by atoms with Gasteiger partial charge >= 0.3 is 0 Å². The Morgan fingerprint density at radius 1 is 1.11 bits per heavy atom. The number of rotatable bonds is 4. The molecule has 18 heavy (non-hydrogen) atoms. The van der Waals surface area contributed by atoms with Gasteiger partial charge in [0.05, 0.1) is 0 Å². The number of allylic oxidation sites excluding steroid dienone is 1. The third-order valence-electron chi connectivity index (χ3n) is 2.87. The lowest BCUT2D eigenvalue weighted by Gasteiger charge is -2.11. The van der Waals surface area contributed by atoms with Gasteiger partial charge in [-0.2, -0.15) is 0 Å². The Morgan fingerprint density at radius 3 is 2.44 bits per heavy atom. The first-order chi connectivity index (χ1) is 8.74. The van der Waals surface area contributed by atoms with E-state index in [0.29, 0.717) is 12.0 Å². The van der Waals surface area contributed by atoms with E-state index in [1.807, 2.05) is 42.5 Å². The molecule has 0 radical (unpaired) electrons. The maximum atomic E-state index is 11.5. The Hall–Kier alpha value is -2.35. The van der Waals surface area contributed by atoms with Crippen molar-refractivity contribution < 1.29 is 4.79 Å². The molecule has 0 saturated carbocycles. The van der Waals surface area contributed by atoms with Gasteiger partial charge in [-0.15, -0.1) is 6.58 Å². The lowest BCUT2D eigenvalue weighted by Crippen LogP contribution is -2.14.